The molecule has 0 aliphatic heterocycles. The van der Waals surface area contributed by atoms with Gasteiger partial charge in [-0.1, -0.05) is 42.5 Å². The van der Waals surface area contributed by atoms with Crippen molar-refractivity contribution in [1.82, 2.24) is 0 Å². The monoisotopic (exact) mass is 302 g/mol. The van der Waals surface area contributed by atoms with Crippen LogP contribution in [0.3, 0.4) is 0 Å². The minimum atomic E-state index is 0.214. The van der Waals surface area contributed by atoms with Gasteiger partial charge in [-0.25, -0.2) is 0 Å². The van der Waals surface area contributed by atoms with Gasteiger partial charge in [0, 0.05) is 6.92 Å². The summed E-state index contributed by atoms with van der Waals surface area (Å²) in [5.41, 5.74) is 2.14. The van der Waals surface area contributed by atoms with Crippen LogP contribution in [0.25, 0.3) is 0 Å². The van der Waals surface area contributed by atoms with E-state index in [0.717, 1.165) is 16.9 Å². The number of ether oxygens (including phenoxy) is 3. The molecular weight excluding hydrogens is 284 g/mol. The third-order valence-corrected chi connectivity index (χ3v) is 2.88. The first-order valence-electron chi connectivity index (χ1n) is 6.71. The van der Waals surface area contributed by atoms with Gasteiger partial charge in [0.15, 0.2) is 11.8 Å². The predicted octanol–water partition coefficient (Wildman–Crippen LogP) is 4.10. The van der Waals surface area contributed by atoms with Gasteiger partial charge in [0.25, 0.3) is 0 Å². The van der Waals surface area contributed by atoms with Gasteiger partial charge < -0.3 is 14.2 Å². The second-order valence-corrected chi connectivity index (χ2v) is 5.10. The molecule has 0 aliphatic carbocycles. The number of thiocarbonyl (C=S) groups is 1. The molecular formula is C17H18O3S. The Morgan fingerprint density at radius 2 is 1.71 bits per heavy atom. The molecule has 0 aliphatic rings. The average molecular weight is 302 g/mol. The van der Waals surface area contributed by atoms with Crippen LogP contribution in [0.15, 0.2) is 54.6 Å². The molecule has 4 heteroatoms. The molecule has 3 nitrogen and oxygen atoms in total. The normalized spacial score (nSPS) is 10.1. The molecule has 0 saturated carbocycles. The van der Waals surface area contributed by atoms with E-state index in [1.165, 1.54) is 0 Å². The van der Waals surface area contributed by atoms with E-state index in [-0.39, 0.29) is 6.79 Å². The first-order chi connectivity index (χ1) is 10.2. The van der Waals surface area contributed by atoms with Crippen LogP contribution in [-0.4, -0.2) is 11.8 Å². The van der Waals surface area contributed by atoms with Crippen LogP contribution in [-0.2, 0) is 22.7 Å². The van der Waals surface area contributed by atoms with Gasteiger partial charge in [-0.15, -0.1) is 0 Å². The lowest BCUT2D eigenvalue weighted by atomic mass is 10.2. The molecule has 0 atom stereocenters. The second kappa shape index (κ2) is 8.39. The van der Waals surface area contributed by atoms with Gasteiger partial charge in [0.05, 0.1) is 6.61 Å². The molecule has 0 bridgehead atoms. The minimum Gasteiger partial charge on any atom is -0.483 e. The summed E-state index contributed by atoms with van der Waals surface area (Å²) in [7, 11) is 0. The van der Waals surface area contributed by atoms with Crippen molar-refractivity contribution in [2.45, 2.75) is 20.1 Å². The third kappa shape index (κ3) is 5.94. The smallest absolute Gasteiger partial charge is 0.189 e. The van der Waals surface area contributed by atoms with E-state index in [9.17, 15) is 0 Å². The van der Waals surface area contributed by atoms with E-state index in [1.54, 1.807) is 6.92 Å². The van der Waals surface area contributed by atoms with E-state index in [0.29, 0.717) is 18.3 Å². The average Bonchev–Trinajstić information content (AvgIpc) is 2.51. The Labute approximate surface area is 130 Å². The first kappa shape index (κ1) is 15.5. The van der Waals surface area contributed by atoms with Crippen molar-refractivity contribution in [3.05, 3.63) is 65.7 Å². The van der Waals surface area contributed by atoms with E-state index in [1.807, 2.05) is 54.6 Å². The summed E-state index contributed by atoms with van der Waals surface area (Å²) in [6, 6.07) is 17.7. The van der Waals surface area contributed by atoms with Gasteiger partial charge in [-0.2, -0.15) is 0 Å². The molecule has 0 aromatic heterocycles. The summed E-state index contributed by atoms with van der Waals surface area (Å²) in [5.74, 6) is 0.756. The van der Waals surface area contributed by atoms with E-state index < -0.39 is 0 Å². The van der Waals surface area contributed by atoms with Crippen LogP contribution in [0, 0.1) is 0 Å². The SMILES string of the molecule is CC(=S)OCc1cccc(OCOCc2ccccc2)c1. The van der Waals surface area contributed by atoms with Gasteiger partial charge in [0.2, 0.25) is 0 Å². The second-order valence-electron chi connectivity index (χ2n) is 4.52. The summed E-state index contributed by atoms with van der Waals surface area (Å²) >= 11 is 4.89. The molecule has 0 heterocycles. The fourth-order valence-electron chi connectivity index (χ4n) is 1.75. The van der Waals surface area contributed by atoms with Gasteiger partial charge >= 0.3 is 0 Å². The highest BCUT2D eigenvalue weighted by molar-refractivity contribution is 7.80. The molecule has 110 valence electrons. The Morgan fingerprint density at radius 1 is 0.952 bits per heavy atom. The Bertz CT molecular complexity index is 569. The highest BCUT2D eigenvalue weighted by atomic mass is 32.1. The number of benzene rings is 2. The third-order valence-electron chi connectivity index (χ3n) is 2.76. The zero-order valence-electron chi connectivity index (χ0n) is 12.0. The lowest BCUT2D eigenvalue weighted by molar-refractivity contribution is 0.00497. The van der Waals surface area contributed by atoms with Crippen molar-refractivity contribution in [1.29, 1.82) is 0 Å². The maximum Gasteiger partial charge on any atom is 0.189 e. The fraction of sp³-hybridized carbons (Fsp3) is 0.235. The molecule has 0 amide bonds. The molecule has 0 radical (unpaired) electrons. The topological polar surface area (TPSA) is 27.7 Å². The molecule has 0 saturated heterocycles. The molecule has 21 heavy (non-hydrogen) atoms. The highest BCUT2D eigenvalue weighted by Gasteiger charge is 1.99. The zero-order valence-corrected chi connectivity index (χ0v) is 12.8. The van der Waals surface area contributed by atoms with E-state index >= 15 is 0 Å². The Balaban J connectivity index is 1.75. The molecule has 2 aromatic carbocycles. The van der Waals surface area contributed by atoms with Crippen molar-refractivity contribution >= 4 is 17.3 Å². The number of hydrogen-bond donors (Lipinski definition) is 0. The molecule has 0 spiro atoms. The fourth-order valence-corrected chi connectivity index (χ4v) is 1.81. The minimum absolute atomic E-state index is 0.214. The number of rotatable bonds is 7. The quantitative estimate of drug-likeness (QED) is 0.437. The molecule has 2 aromatic rings. The predicted molar refractivity (Wildman–Crippen MR) is 86.2 cm³/mol. The lowest BCUT2D eigenvalue weighted by Gasteiger charge is -2.09. The van der Waals surface area contributed by atoms with Crippen molar-refractivity contribution in [3.8, 4) is 5.75 Å². The molecule has 0 N–H and O–H groups in total. The summed E-state index contributed by atoms with van der Waals surface area (Å²) in [5, 5.41) is 0.535. The van der Waals surface area contributed by atoms with Crippen molar-refractivity contribution < 1.29 is 14.2 Å². The standard InChI is InChI=1S/C17H18O3S/c1-14(21)19-12-16-8-5-9-17(10-16)20-13-18-11-15-6-3-2-4-7-15/h2-10H,11-13H2,1H3. The summed E-state index contributed by atoms with van der Waals surface area (Å²) < 4.78 is 16.4. The summed E-state index contributed by atoms with van der Waals surface area (Å²) in [6.45, 7) is 2.96. The molecule has 2 rings (SSSR count). The van der Waals surface area contributed by atoms with Crippen LogP contribution in [0.1, 0.15) is 18.1 Å². The van der Waals surface area contributed by atoms with Crippen LogP contribution < -0.4 is 4.74 Å². The summed E-state index contributed by atoms with van der Waals surface area (Å²) in [6.07, 6.45) is 0. The van der Waals surface area contributed by atoms with Crippen LogP contribution in [0.4, 0.5) is 0 Å². The maximum atomic E-state index is 5.56. The summed E-state index contributed by atoms with van der Waals surface area (Å²) in [4.78, 5) is 0. The van der Waals surface area contributed by atoms with Crippen molar-refractivity contribution in [2.75, 3.05) is 6.79 Å². The molecule has 0 unspecified atom stereocenters. The largest absolute Gasteiger partial charge is 0.483 e. The zero-order chi connectivity index (χ0) is 14.9. The Hall–Kier alpha value is -1.91. The Kier molecular flexibility index (Phi) is 6.19. The van der Waals surface area contributed by atoms with E-state index in [4.69, 9.17) is 26.4 Å². The molecule has 0 fully saturated rings. The van der Waals surface area contributed by atoms with Gasteiger partial charge in [0.1, 0.15) is 12.4 Å². The Morgan fingerprint density at radius 3 is 2.48 bits per heavy atom. The van der Waals surface area contributed by atoms with Crippen molar-refractivity contribution in [2.24, 2.45) is 0 Å². The van der Waals surface area contributed by atoms with Gasteiger partial charge in [-0.3, -0.25) is 0 Å². The maximum absolute atomic E-state index is 5.56. The van der Waals surface area contributed by atoms with Crippen molar-refractivity contribution in [3.63, 3.8) is 0 Å². The highest BCUT2D eigenvalue weighted by Crippen LogP contribution is 2.14. The lowest BCUT2D eigenvalue weighted by Crippen LogP contribution is -2.03. The van der Waals surface area contributed by atoms with Gasteiger partial charge in [-0.05, 0) is 35.5 Å². The van der Waals surface area contributed by atoms with E-state index in [2.05, 4.69) is 0 Å². The van der Waals surface area contributed by atoms with Crippen LogP contribution in [0.5, 0.6) is 5.75 Å². The number of hydrogen-bond acceptors (Lipinski definition) is 4. The van der Waals surface area contributed by atoms with Crippen LogP contribution >= 0.6 is 12.2 Å². The van der Waals surface area contributed by atoms with Crippen LogP contribution in [0.2, 0.25) is 0 Å². The first-order valence-corrected chi connectivity index (χ1v) is 7.11.